The van der Waals surface area contributed by atoms with Gasteiger partial charge >= 0.3 is 0 Å². The zero-order valence-corrected chi connectivity index (χ0v) is 10.9. The predicted octanol–water partition coefficient (Wildman–Crippen LogP) is 2.54. The molecule has 0 fully saturated rings. The van der Waals surface area contributed by atoms with Crippen molar-refractivity contribution in [3.8, 4) is 28.5 Å². The van der Waals surface area contributed by atoms with Crippen LogP contribution in [-0.4, -0.2) is 30.5 Å². The molecule has 0 radical (unpaired) electrons. The summed E-state index contributed by atoms with van der Waals surface area (Å²) in [4.78, 5) is 4.10. The van der Waals surface area contributed by atoms with Gasteiger partial charge in [0, 0.05) is 5.56 Å². The topological polar surface area (TPSA) is 93.4 Å². The van der Waals surface area contributed by atoms with E-state index in [1.807, 2.05) is 19.1 Å². The van der Waals surface area contributed by atoms with Gasteiger partial charge in [0.25, 0.3) is 0 Å². The van der Waals surface area contributed by atoms with Gasteiger partial charge in [0.1, 0.15) is 11.4 Å². The van der Waals surface area contributed by atoms with Crippen molar-refractivity contribution in [1.82, 2.24) is 25.4 Å². The fourth-order valence-electron chi connectivity index (χ4n) is 1.83. The highest BCUT2D eigenvalue weighted by atomic mass is 32.1. The third-order valence-electron chi connectivity index (χ3n) is 2.76. The van der Waals surface area contributed by atoms with Gasteiger partial charge in [-0.2, -0.15) is 10.1 Å². The third-order valence-corrected chi connectivity index (χ3v) is 2.96. The summed E-state index contributed by atoms with van der Waals surface area (Å²) in [5.41, 5.74) is 3.08. The number of phenols is 1. The van der Waals surface area contributed by atoms with Crippen LogP contribution in [0.25, 0.3) is 22.8 Å². The number of rotatable bonds is 2. The average molecular weight is 273 g/mol. The number of aromatic hydroxyl groups is 1. The summed E-state index contributed by atoms with van der Waals surface area (Å²) in [6.07, 6.45) is 0. The van der Waals surface area contributed by atoms with Crippen LogP contribution in [0, 0.1) is 11.7 Å². The largest absolute Gasteiger partial charge is 0.507 e. The maximum absolute atomic E-state index is 9.87. The van der Waals surface area contributed by atoms with Crippen LogP contribution in [0.5, 0.6) is 5.75 Å². The molecule has 7 heteroatoms. The molecule has 0 aliphatic heterocycles. The van der Waals surface area contributed by atoms with E-state index in [-0.39, 0.29) is 5.75 Å². The van der Waals surface area contributed by atoms with Crippen LogP contribution in [0.2, 0.25) is 0 Å². The van der Waals surface area contributed by atoms with Gasteiger partial charge in [-0.15, -0.1) is 0 Å². The van der Waals surface area contributed by atoms with E-state index in [0.717, 1.165) is 5.56 Å². The minimum atomic E-state index is 0.193. The van der Waals surface area contributed by atoms with Crippen molar-refractivity contribution in [2.75, 3.05) is 0 Å². The molecule has 0 spiro atoms. The summed E-state index contributed by atoms with van der Waals surface area (Å²) in [7, 11) is 0. The van der Waals surface area contributed by atoms with Crippen LogP contribution in [-0.2, 0) is 0 Å². The number of nitrogens with one attached hydrogen (secondary N) is 3. The van der Waals surface area contributed by atoms with Crippen LogP contribution in [0.1, 0.15) is 5.56 Å². The number of aromatic amines is 3. The summed E-state index contributed by atoms with van der Waals surface area (Å²) in [5.74, 6) is 0.773. The Labute approximate surface area is 113 Å². The van der Waals surface area contributed by atoms with E-state index in [2.05, 4.69) is 25.4 Å². The van der Waals surface area contributed by atoms with Crippen molar-refractivity contribution in [2.45, 2.75) is 6.92 Å². The summed E-state index contributed by atoms with van der Waals surface area (Å²) in [6.45, 7) is 1.96. The molecule has 0 bridgehead atoms. The SMILES string of the molecule is Cc1ccc(O)c(-c2cc(-c3nc(=S)[nH][nH]3)[nH]n2)c1. The maximum atomic E-state index is 9.87. The first kappa shape index (κ1) is 11.7. The third kappa shape index (κ3) is 2.15. The molecular weight excluding hydrogens is 262 g/mol. The molecule has 96 valence electrons. The Morgan fingerprint density at radius 2 is 2.05 bits per heavy atom. The highest BCUT2D eigenvalue weighted by Gasteiger charge is 2.11. The standard InChI is InChI=1S/C12H11N5OS/c1-6-2-3-10(18)7(4-6)8-5-9(15-14-8)11-13-12(19)17-16-11/h2-5,18H,1H3,(H,14,15)(H2,13,16,17,19). The van der Waals surface area contributed by atoms with E-state index < -0.39 is 0 Å². The highest BCUT2D eigenvalue weighted by molar-refractivity contribution is 7.71. The molecule has 0 saturated carbocycles. The summed E-state index contributed by atoms with van der Waals surface area (Å²) >= 11 is 4.90. The Morgan fingerprint density at radius 3 is 2.79 bits per heavy atom. The van der Waals surface area contributed by atoms with Gasteiger partial charge in [-0.1, -0.05) is 11.6 Å². The fourth-order valence-corrected chi connectivity index (χ4v) is 1.98. The van der Waals surface area contributed by atoms with E-state index in [0.29, 0.717) is 27.5 Å². The quantitative estimate of drug-likeness (QED) is 0.540. The maximum Gasteiger partial charge on any atom is 0.213 e. The van der Waals surface area contributed by atoms with Crippen molar-refractivity contribution in [3.05, 3.63) is 34.6 Å². The molecule has 0 aliphatic rings. The van der Waals surface area contributed by atoms with Gasteiger partial charge in [-0.25, -0.2) is 0 Å². The molecule has 0 aliphatic carbocycles. The van der Waals surface area contributed by atoms with Crippen LogP contribution in [0.4, 0.5) is 0 Å². The van der Waals surface area contributed by atoms with Gasteiger partial charge in [-0.3, -0.25) is 15.3 Å². The van der Waals surface area contributed by atoms with E-state index in [1.54, 1.807) is 12.1 Å². The second kappa shape index (κ2) is 4.36. The van der Waals surface area contributed by atoms with E-state index in [9.17, 15) is 5.11 Å². The lowest BCUT2D eigenvalue weighted by atomic mass is 10.1. The molecule has 19 heavy (non-hydrogen) atoms. The second-order valence-corrected chi connectivity index (χ2v) is 4.59. The van der Waals surface area contributed by atoms with Crippen molar-refractivity contribution in [1.29, 1.82) is 0 Å². The minimum absolute atomic E-state index is 0.193. The molecule has 2 heterocycles. The molecular formula is C12H11N5OS. The average Bonchev–Trinajstić information content (AvgIpc) is 3.00. The Kier molecular flexibility index (Phi) is 2.68. The highest BCUT2D eigenvalue weighted by Crippen LogP contribution is 2.30. The van der Waals surface area contributed by atoms with Gasteiger partial charge in [0.15, 0.2) is 5.82 Å². The van der Waals surface area contributed by atoms with Crippen molar-refractivity contribution < 1.29 is 5.11 Å². The van der Waals surface area contributed by atoms with Gasteiger partial charge in [0.2, 0.25) is 4.77 Å². The molecule has 2 aromatic heterocycles. The van der Waals surface area contributed by atoms with Crippen LogP contribution >= 0.6 is 12.2 Å². The molecule has 6 nitrogen and oxygen atoms in total. The molecule has 3 aromatic rings. The number of phenolic OH excluding ortho intramolecular Hbond substituents is 1. The number of aromatic nitrogens is 5. The lowest BCUT2D eigenvalue weighted by Gasteiger charge is -2.01. The second-order valence-electron chi connectivity index (χ2n) is 4.20. The minimum Gasteiger partial charge on any atom is -0.507 e. The summed E-state index contributed by atoms with van der Waals surface area (Å²) < 4.78 is 0.379. The zero-order valence-electron chi connectivity index (χ0n) is 10.1. The van der Waals surface area contributed by atoms with Crippen LogP contribution in [0.3, 0.4) is 0 Å². The number of aryl methyl sites for hydroxylation is 1. The molecule has 0 unspecified atom stereocenters. The summed E-state index contributed by atoms with van der Waals surface area (Å²) in [5, 5.41) is 22.5. The van der Waals surface area contributed by atoms with Crippen molar-refractivity contribution >= 4 is 12.2 Å². The first-order valence-electron chi connectivity index (χ1n) is 5.64. The number of hydrogen-bond acceptors (Lipinski definition) is 4. The van der Waals surface area contributed by atoms with Gasteiger partial charge in [-0.05, 0) is 37.3 Å². The summed E-state index contributed by atoms with van der Waals surface area (Å²) in [6, 6.07) is 7.18. The zero-order chi connectivity index (χ0) is 13.4. The number of hydrogen-bond donors (Lipinski definition) is 4. The normalized spacial score (nSPS) is 10.8. The first-order chi connectivity index (χ1) is 9.13. The predicted molar refractivity (Wildman–Crippen MR) is 73.2 cm³/mol. The molecule has 4 N–H and O–H groups in total. The Hall–Kier alpha value is -2.41. The molecule has 3 rings (SSSR count). The van der Waals surface area contributed by atoms with Crippen molar-refractivity contribution in [3.63, 3.8) is 0 Å². The Morgan fingerprint density at radius 1 is 1.21 bits per heavy atom. The number of H-pyrrole nitrogens is 3. The van der Waals surface area contributed by atoms with Crippen LogP contribution in [0.15, 0.2) is 24.3 Å². The van der Waals surface area contributed by atoms with Crippen LogP contribution < -0.4 is 0 Å². The van der Waals surface area contributed by atoms with E-state index in [4.69, 9.17) is 12.2 Å². The van der Waals surface area contributed by atoms with Gasteiger partial charge in [0.05, 0.1) is 5.69 Å². The monoisotopic (exact) mass is 273 g/mol. The fraction of sp³-hybridized carbons (Fsp3) is 0.0833. The van der Waals surface area contributed by atoms with E-state index in [1.165, 1.54) is 0 Å². The van der Waals surface area contributed by atoms with Gasteiger partial charge < -0.3 is 5.11 Å². The molecule has 0 atom stereocenters. The molecule has 0 amide bonds. The first-order valence-corrected chi connectivity index (χ1v) is 6.05. The molecule has 0 saturated heterocycles. The lowest BCUT2D eigenvalue weighted by Crippen LogP contribution is -1.81. The Bertz CT molecular complexity index is 785. The van der Waals surface area contributed by atoms with E-state index >= 15 is 0 Å². The molecule has 1 aromatic carbocycles. The smallest absolute Gasteiger partial charge is 0.213 e. The number of benzene rings is 1. The van der Waals surface area contributed by atoms with Crippen molar-refractivity contribution in [2.24, 2.45) is 0 Å². The lowest BCUT2D eigenvalue weighted by molar-refractivity contribution is 0.477. The number of nitrogens with zero attached hydrogens (tertiary/aromatic N) is 2. The Balaban J connectivity index is 2.06.